The number of hydrogen-bond donors (Lipinski definition) is 2. The Morgan fingerprint density at radius 2 is 1.84 bits per heavy atom. The molecule has 2 atom stereocenters. The van der Waals surface area contributed by atoms with Crippen molar-refractivity contribution in [3.63, 3.8) is 0 Å². The summed E-state index contributed by atoms with van der Waals surface area (Å²) in [6.45, 7) is 5.40. The van der Waals surface area contributed by atoms with E-state index in [1.165, 1.54) is 0 Å². The second-order valence-corrected chi connectivity index (χ2v) is 8.56. The number of hydrogen-bond acceptors (Lipinski definition) is 5. The second kappa shape index (κ2) is 10.2. The molecule has 1 amide bonds. The molecule has 0 aliphatic heterocycles. The third-order valence-corrected chi connectivity index (χ3v) is 5.82. The van der Waals surface area contributed by atoms with Crippen LogP contribution >= 0.6 is 7.37 Å². The van der Waals surface area contributed by atoms with E-state index in [1.807, 2.05) is 18.2 Å². The van der Waals surface area contributed by atoms with Crippen LogP contribution < -0.4 is 5.32 Å². The van der Waals surface area contributed by atoms with Crippen molar-refractivity contribution >= 4 is 19.4 Å². The Balaban J connectivity index is 2.72. The standard InChI is InChI=1S/C17H26NO6P/c1-4-23-16(19)10-15(25(21,22)12-13(2)3)18-17(20)24-11-14-8-6-5-7-9-14/h5-9,13,15H,4,10-12H2,1-3H3,(H,18,20)(H,21,22). The van der Waals surface area contributed by atoms with Crippen LogP contribution in [0.15, 0.2) is 30.3 Å². The molecule has 0 bridgehead atoms. The van der Waals surface area contributed by atoms with E-state index < -0.39 is 25.2 Å². The highest BCUT2D eigenvalue weighted by atomic mass is 31.2. The molecule has 0 radical (unpaired) electrons. The maximum absolute atomic E-state index is 12.6. The molecule has 0 saturated heterocycles. The van der Waals surface area contributed by atoms with Gasteiger partial charge in [0, 0.05) is 6.16 Å². The van der Waals surface area contributed by atoms with Gasteiger partial charge < -0.3 is 19.7 Å². The average molecular weight is 371 g/mol. The van der Waals surface area contributed by atoms with Crippen LogP contribution in [0.1, 0.15) is 32.8 Å². The Morgan fingerprint density at radius 1 is 1.20 bits per heavy atom. The molecule has 0 saturated carbocycles. The summed E-state index contributed by atoms with van der Waals surface area (Å²) in [5, 5.41) is 2.35. The number of ether oxygens (including phenoxy) is 2. The Bertz CT molecular complexity index is 604. The van der Waals surface area contributed by atoms with Gasteiger partial charge in [-0.25, -0.2) is 4.79 Å². The molecule has 8 heteroatoms. The van der Waals surface area contributed by atoms with Gasteiger partial charge >= 0.3 is 12.1 Å². The predicted molar refractivity (Wildman–Crippen MR) is 94.3 cm³/mol. The van der Waals surface area contributed by atoms with E-state index in [0.717, 1.165) is 5.56 Å². The van der Waals surface area contributed by atoms with Crippen LogP contribution in [0.4, 0.5) is 4.79 Å². The number of alkyl carbamates (subject to hydrolysis) is 1. The summed E-state index contributed by atoms with van der Waals surface area (Å²) in [6.07, 6.45) is -1.25. The van der Waals surface area contributed by atoms with Crippen molar-refractivity contribution < 1.29 is 28.5 Å². The van der Waals surface area contributed by atoms with E-state index in [4.69, 9.17) is 9.47 Å². The number of nitrogens with one attached hydrogen (secondary N) is 1. The number of carbonyl (C=O) groups excluding carboxylic acids is 2. The summed E-state index contributed by atoms with van der Waals surface area (Å²) < 4.78 is 22.4. The lowest BCUT2D eigenvalue weighted by Crippen LogP contribution is -2.38. The molecule has 7 nitrogen and oxygen atoms in total. The number of rotatable bonds is 9. The molecule has 2 unspecified atom stereocenters. The Labute approximate surface area is 148 Å². The lowest BCUT2D eigenvalue weighted by Gasteiger charge is -2.24. The first kappa shape index (κ1) is 21.2. The van der Waals surface area contributed by atoms with Crippen LogP contribution in [0.25, 0.3) is 0 Å². The van der Waals surface area contributed by atoms with Gasteiger partial charge in [0.05, 0.1) is 13.0 Å². The van der Waals surface area contributed by atoms with Crippen molar-refractivity contribution in [1.82, 2.24) is 5.32 Å². The Hall–Kier alpha value is -1.85. The van der Waals surface area contributed by atoms with Crippen LogP contribution in [0.5, 0.6) is 0 Å². The molecule has 1 rings (SSSR count). The van der Waals surface area contributed by atoms with Crippen molar-refractivity contribution in [3.8, 4) is 0 Å². The van der Waals surface area contributed by atoms with Crippen molar-refractivity contribution in [2.75, 3.05) is 12.8 Å². The minimum absolute atomic E-state index is 0.0178. The van der Waals surface area contributed by atoms with E-state index in [2.05, 4.69) is 5.32 Å². The van der Waals surface area contributed by atoms with Crippen molar-refractivity contribution in [2.45, 2.75) is 39.6 Å². The van der Waals surface area contributed by atoms with Crippen molar-refractivity contribution in [3.05, 3.63) is 35.9 Å². The van der Waals surface area contributed by atoms with E-state index in [9.17, 15) is 19.0 Å². The number of amides is 1. The van der Waals surface area contributed by atoms with Gasteiger partial charge in [0.15, 0.2) is 0 Å². The van der Waals surface area contributed by atoms with Crippen LogP contribution in [0, 0.1) is 5.92 Å². The third-order valence-electron chi connectivity index (χ3n) is 3.28. The van der Waals surface area contributed by atoms with Gasteiger partial charge in [0.25, 0.3) is 0 Å². The predicted octanol–water partition coefficient (Wildman–Crippen LogP) is 3.12. The average Bonchev–Trinajstić information content (AvgIpc) is 2.52. The van der Waals surface area contributed by atoms with Crippen LogP contribution in [0.2, 0.25) is 0 Å². The van der Waals surface area contributed by atoms with E-state index in [-0.39, 0.29) is 31.7 Å². The summed E-state index contributed by atoms with van der Waals surface area (Å²) in [5.41, 5.74) is 0.786. The largest absolute Gasteiger partial charge is 0.466 e. The van der Waals surface area contributed by atoms with Gasteiger partial charge in [-0.05, 0) is 18.4 Å². The smallest absolute Gasteiger partial charge is 0.408 e. The van der Waals surface area contributed by atoms with E-state index in [1.54, 1.807) is 32.9 Å². The van der Waals surface area contributed by atoms with Crippen LogP contribution in [0.3, 0.4) is 0 Å². The van der Waals surface area contributed by atoms with Crippen LogP contribution in [-0.2, 0) is 25.4 Å². The van der Waals surface area contributed by atoms with E-state index in [0.29, 0.717) is 0 Å². The minimum Gasteiger partial charge on any atom is -0.466 e. The molecule has 1 aromatic carbocycles. The normalized spacial score (nSPS) is 14.4. The zero-order valence-corrected chi connectivity index (χ0v) is 15.7. The molecule has 0 aliphatic carbocycles. The molecule has 0 aromatic heterocycles. The number of benzene rings is 1. The summed E-state index contributed by atoms with van der Waals surface area (Å²) in [6, 6.07) is 9.04. The summed E-state index contributed by atoms with van der Waals surface area (Å²) >= 11 is 0. The third kappa shape index (κ3) is 8.18. The first-order chi connectivity index (χ1) is 11.7. The number of esters is 1. The van der Waals surface area contributed by atoms with E-state index >= 15 is 0 Å². The summed E-state index contributed by atoms with van der Waals surface area (Å²) in [7, 11) is -3.80. The lowest BCUT2D eigenvalue weighted by molar-refractivity contribution is -0.143. The molecule has 0 fully saturated rings. The van der Waals surface area contributed by atoms with Gasteiger partial charge in [-0.3, -0.25) is 9.36 Å². The second-order valence-electron chi connectivity index (χ2n) is 6.06. The molecule has 0 heterocycles. The van der Waals surface area contributed by atoms with Gasteiger partial charge in [0.2, 0.25) is 7.37 Å². The molecule has 25 heavy (non-hydrogen) atoms. The quantitative estimate of drug-likeness (QED) is 0.511. The SMILES string of the molecule is CCOC(=O)CC(NC(=O)OCc1ccccc1)P(=O)(O)CC(C)C. The highest BCUT2D eigenvalue weighted by Crippen LogP contribution is 2.48. The van der Waals surface area contributed by atoms with Gasteiger partial charge in [-0.15, -0.1) is 0 Å². The maximum Gasteiger partial charge on any atom is 0.408 e. The molecule has 2 N–H and O–H groups in total. The minimum atomic E-state index is -3.80. The maximum atomic E-state index is 12.6. The summed E-state index contributed by atoms with van der Waals surface area (Å²) in [5.74, 6) is -1.95. The van der Waals surface area contributed by atoms with Crippen LogP contribution in [-0.4, -0.2) is 35.5 Å². The highest BCUT2D eigenvalue weighted by Gasteiger charge is 2.35. The molecular formula is C17H26NO6P. The van der Waals surface area contributed by atoms with Gasteiger partial charge in [-0.1, -0.05) is 44.2 Å². The van der Waals surface area contributed by atoms with Gasteiger partial charge in [0.1, 0.15) is 12.4 Å². The molecular weight excluding hydrogens is 345 g/mol. The number of carbonyl (C=O) groups is 2. The Kier molecular flexibility index (Phi) is 8.66. The first-order valence-electron chi connectivity index (χ1n) is 8.19. The molecule has 1 aromatic rings. The van der Waals surface area contributed by atoms with Gasteiger partial charge in [-0.2, -0.15) is 0 Å². The fraction of sp³-hybridized carbons (Fsp3) is 0.529. The van der Waals surface area contributed by atoms with Crippen molar-refractivity contribution in [2.24, 2.45) is 5.92 Å². The fourth-order valence-corrected chi connectivity index (χ4v) is 4.27. The zero-order chi connectivity index (χ0) is 18.9. The monoisotopic (exact) mass is 371 g/mol. The first-order valence-corrected chi connectivity index (χ1v) is 10.1. The highest BCUT2D eigenvalue weighted by molar-refractivity contribution is 7.58. The molecule has 0 spiro atoms. The van der Waals surface area contributed by atoms with Crippen molar-refractivity contribution in [1.29, 1.82) is 0 Å². The molecule has 0 aliphatic rings. The fourth-order valence-electron chi connectivity index (χ4n) is 2.22. The Morgan fingerprint density at radius 3 is 2.40 bits per heavy atom. The molecule has 140 valence electrons. The topological polar surface area (TPSA) is 102 Å². The zero-order valence-electron chi connectivity index (χ0n) is 14.8. The lowest BCUT2D eigenvalue weighted by atomic mass is 10.2. The summed E-state index contributed by atoms with van der Waals surface area (Å²) in [4.78, 5) is 34.0.